The van der Waals surface area contributed by atoms with E-state index >= 15 is 0 Å². The molecule has 0 fully saturated rings. The van der Waals surface area contributed by atoms with Crippen LogP contribution in [-0.4, -0.2) is 31.5 Å². The molecule has 9 heteroatoms. The highest BCUT2D eigenvalue weighted by atomic mass is 32.2. The number of aromatic nitrogens is 4. The summed E-state index contributed by atoms with van der Waals surface area (Å²) < 4.78 is 1.77. The molecular formula is C13H11N5O2S2. The average molecular weight is 333 g/mol. The topological polar surface area (TPSA) is 89.3 Å². The largest absolute Gasteiger partial charge is 0.325 e. The number of nitrogens with one attached hydrogen (secondary N) is 1. The molecule has 0 spiro atoms. The highest BCUT2D eigenvalue weighted by Crippen LogP contribution is 2.22. The van der Waals surface area contributed by atoms with Crippen LogP contribution in [0.25, 0.3) is 4.96 Å². The van der Waals surface area contributed by atoms with Gasteiger partial charge in [-0.3, -0.25) is 9.59 Å². The first-order valence-electron chi connectivity index (χ1n) is 6.33. The molecular weight excluding hydrogens is 322 g/mol. The van der Waals surface area contributed by atoms with Crippen molar-refractivity contribution in [3.63, 3.8) is 0 Å². The predicted molar refractivity (Wildman–Crippen MR) is 85.5 cm³/mol. The van der Waals surface area contributed by atoms with Crippen LogP contribution in [0.1, 0.15) is 5.56 Å². The summed E-state index contributed by atoms with van der Waals surface area (Å²) >= 11 is 2.48. The third-order valence-electron chi connectivity index (χ3n) is 2.72. The molecule has 0 aliphatic rings. The van der Waals surface area contributed by atoms with E-state index in [1.54, 1.807) is 0 Å². The highest BCUT2D eigenvalue weighted by molar-refractivity contribution is 8.01. The maximum Gasteiger partial charge on any atom is 0.293 e. The number of thioether (sulfide) groups is 1. The van der Waals surface area contributed by atoms with Crippen molar-refractivity contribution in [2.75, 3.05) is 11.1 Å². The van der Waals surface area contributed by atoms with Crippen molar-refractivity contribution in [3.05, 3.63) is 46.4 Å². The van der Waals surface area contributed by atoms with E-state index in [1.807, 2.05) is 31.2 Å². The van der Waals surface area contributed by atoms with E-state index in [0.717, 1.165) is 17.4 Å². The summed E-state index contributed by atoms with van der Waals surface area (Å²) in [5.41, 5.74) is 1.55. The van der Waals surface area contributed by atoms with Crippen LogP contribution in [0.3, 0.4) is 0 Å². The third kappa shape index (κ3) is 3.31. The van der Waals surface area contributed by atoms with Crippen LogP contribution in [-0.2, 0) is 4.79 Å². The Balaban J connectivity index is 1.63. The molecule has 0 unspecified atom stereocenters. The number of hydrogen-bond acceptors (Lipinski definition) is 7. The molecule has 2 aromatic heterocycles. The summed E-state index contributed by atoms with van der Waals surface area (Å²) in [6.45, 7) is 1.99. The minimum atomic E-state index is -0.336. The Bertz CT molecular complexity index is 872. The van der Waals surface area contributed by atoms with Crippen molar-refractivity contribution in [2.45, 2.75) is 11.3 Å². The van der Waals surface area contributed by atoms with Crippen LogP contribution in [0.2, 0.25) is 0 Å². The van der Waals surface area contributed by atoms with Crippen molar-refractivity contribution in [1.82, 2.24) is 19.8 Å². The zero-order chi connectivity index (χ0) is 15.5. The number of carbonyl (C=O) groups excluding carboxylic acids is 1. The Morgan fingerprint density at radius 3 is 2.86 bits per heavy atom. The van der Waals surface area contributed by atoms with Gasteiger partial charge in [0, 0.05) is 5.69 Å². The Morgan fingerprint density at radius 2 is 2.14 bits per heavy atom. The van der Waals surface area contributed by atoms with Crippen molar-refractivity contribution < 1.29 is 4.79 Å². The molecule has 0 saturated heterocycles. The van der Waals surface area contributed by atoms with E-state index in [-0.39, 0.29) is 17.2 Å². The minimum Gasteiger partial charge on any atom is -0.325 e. The SMILES string of the molecule is Cc1ccc(NC(=O)CSc2nn3c(=O)cnnc3s2)cc1. The van der Waals surface area contributed by atoms with E-state index in [4.69, 9.17) is 0 Å². The molecule has 22 heavy (non-hydrogen) atoms. The summed E-state index contributed by atoms with van der Waals surface area (Å²) in [5.74, 6) is 0.0714. The maximum atomic E-state index is 11.9. The Hall–Kier alpha value is -2.26. The summed E-state index contributed by atoms with van der Waals surface area (Å²) in [5, 5.41) is 14.3. The molecule has 0 saturated carbocycles. The average Bonchev–Trinajstić information content (AvgIpc) is 2.92. The van der Waals surface area contributed by atoms with Crippen LogP contribution in [0.5, 0.6) is 0 Å². The van der Waals surface area contributed by atoms with E-state index < -0.39 is 0 Å². The molecule has 112 valence electrons. The number of nitrogens with zero attached hydrogens (tertiary/aromatic N) is 4. The van der Waals surface area contributed by atoms with Gasteiger partial charge in [-0.05, 0) is 19.1 Å². The first-order chi connectivity index (χ1) is 10.6. The molecule has 1 N–H and O–H groups in total. The molecule has 0 aliphatic heterocycles. The van der Waals surface area contributed by atoms with E-state index in [1.165, 1.54) is 27.6 Å². The molecule has 2 heterocycles. The molecule has 0 radical (unpaired) electrons. The second-order valence-corrected chi connectivity index (χ2v) is 6.63. The quantitative estimate of drug-likeness (QED) is 0.729. The molecule has 1 amide bonds. The summed E-state index contributed by atoms with van der Waals surface area (Å²) in [4.78, 5) is 23.8. The zero-order valence-corrected chi connectivity index (χ0v) is 13.1. The minimum absolute atomic E-state index is 0.133. The number of anilines is 1. The lowest BCUT2D eigenvalue weighted by atomic mass is 10.2. The van der Waals surface area contributed by atoms with Crippen LogP contribution in [0.15, 0.2) is 39.6 Å². The van der Waals surface area contributed by atoms with Gasteiger partial charge in [0.2, 0.25) is 10.9 Å². The van der Waals surface area contributed by atoms with Crippen LogP contribution in [0, 0.1) is 6.92 Å². The molecule has 0 atom stereocenters. The zero-order valence-electron chi connectivity index (χ0n) is 11.5. The van der Waals surface area contributed by atoms with Crippen LogP contribution < -0.4 is 10.9 Å². The number of amides is 1. The standard InChI is InChI=1S/C13H11N5O2S2/c1-8-2-4-9(5-3-8)15-10(19)7-21-13-17-18-11(20)6-14-16-12(18)22-13/h2-6H,7H2,1H3,(H,15,19). The van der Waals surface area contributed by atoms with Crippen molar-refractivity contribution in [1.29, 1.82) is 0 Å². The lowest BCUT2D eigenvalue weighted by Gasteiger charge is -2.04. The molecule has 0 bridgehead atoms. The van der Waals surface area contributed by atoms with Crippen molar-refractivity contribution in [2.24, 2.45) is 0 Å². The predicted octanol–water partition coefficient (Wildman–Crippen LogP) is 1.59. The van der Waals surface area contributed by atoms with E-state index in [0.29, 0.717) is 9.30 Å². The number of fused-ring (bicyclic) bond motifs is 1. The van der Waals surface area contributed by atoms with Crippen molar-refractivity contribution in [3.8, 4) is 0 Å². The Kier molecular flexibility index (Phi) is 4.16. The van der Waals surface area contributed by atoms with Gasteiger partial charge >= 0.3 is 0 Å². The molecule has 3 rings (SSSR count). The van der Waals surface area contributed by atoms with Gasteiger partial charge in [0.05, 0.1) is 5.75 Å². The highest BCUT2D eigenvalue weighted by Gasteiger charge is 2.10. The van der Waals surface area contributed by atoms with E-state index in [9.17, 15) is 9.59 Å². The summed E-state index contributed by atoms with van der Waals surface area (Å²) in [6.07, 6.45) is 1.10. The number of hydrogen-bond donors (Lipinski definition) is 1. The number of carbonyl (C=O) groups is 1. The van der Waals surface area contributed by atoms with Gasteiger partial charge in [0.25, 0.3) is 5.56 Å². The monoisotopic (exact) mass is 333 g/mol. The van der Waals surface area contributed by atoms with Crippen molar-refractivity contribution >= 4 is 39.7 Å². The number of aryl methyl sites for hydroxylation is 1. The summed E-state index contributed by atoms with van der Waals surface area (Å²) in [6, 6.07) is 7.57. The Morgan fingerprint density at radius 1 is 1.36 bits per heavy atom. The summed E-state index contributed by atoms with van der Waals surface area (Å²) in [7, 11) is 0. The molecule has 7 nitrogen and oxygen atoms in total. The fourth-order valence-corrected chi connectivity index (χ4v) is 3.36. The van der Waals surface area contributed by atoms with Gasteiger partial charge < -0.3 is 5.32 Å². The second kappa shape index (κ2) is 6.24. The van der Waals surface area contributed by atoms with Gasteiger partial charge in [-0.25, -0.2) is 0 Å². The maximum absolute atomic E-state index is 11.9. The van der Waals surface area contributed by atoms with Gasteiger partial charge in [-0.15, -0.1) is 10.2 Å². The second-order valence-electron chi connectivity index (χ2n) is 4.45. The fourth-order valence-electron chi connectivity index (χ4n) is 1.67. The van der Waals surface area contributed by atoms with Gasteiger partial charge in [-0.1, -0.05) is 40.8 Å². The van der Waals surface area contributed by atoms with Gasteiger partial charge in [-0.2, -0.15) is 9.61 Å². The fraction of sp³-hybridized carbons (Fsp3) is 0.154. The molecule has 0 aliphatic carbocycles. The normalized spacial score (nSPS) is 10.8. The van der Waals surface area contributed by atoms with Crippen LogP contribution in [0.4, 0.5) is 5.69 Å². The molecule has 3 aromatic rings. The Labute approximate surface area is 133 Å². The van der Waals surface area contributed by atoms with Gasteiger partial charge in [0.15, 0.2) is 4.34 Å². The van der Waals surface area contributed by atoms with E-state index in [2.05, 4.69) is 20.6 Å². The first-order valence-corrected chi connectivity index (χ1v) is 8.13. The molecule has 1 aromatic carbocycles. The van der Waals surface area contributed by atoms with Crippen LogP contribution >= 0.6 is 23.1 Å². The lowest BCUT2D eigenvalue weighted by Crippen LogP contribution is -2.15. The lowest BCUT2D eigenvalue weighted by molar-refractivity contribution is -0.113. The third-order valence-corrected chi connectivity index (χ3v) is 4.76. The number of benzene rings is 1. The smallest absolute Gasteiger partial charge is 0.293 e. The number of rotatable bonds is 4. The first kappa shape index (κ1) is 14.7. The van der Waals surface area contributed by atoms with Gasteiger partial charge in [0.1, 0.15) is 6.20 Å².